The van der Waals surface area contributed by atoms with E-state index in [2.05, 4.69) is 5.10 Å². The SMILES string of the molecule is Cc1ccc(S(=O)(=O)N/N=C2\c3cccc4cccc(c34)C2(F)F)cc1. The van der Waals surface area contributed by atoms with Crippen LogP contribution in [0, 0.1) is 6.92 Å². The molecule has 0 aliphatic heterocycles. The second-order valence-corrected chi connectivity index (χ2v) is 7.81. The zero-order chi connectivity index (χ0) is 18.5. The Morgan fingerprint density at radius 3 is 2.31 bits per heavy atom. The molecule has 0 atom stereocenters. The molecule has 0 amide bonds. The highest BCUT2D eigenvalue weighted by Crippen LogP contribution is 2.44. The molecule has 1 aliphatic carbocycles. The third-order valence-corrected chi connectivity index (χ3v) is 5.63. The third-order valence-electron chi connectivity index (χ3n) is 4.40. The van der Waals surface area contributed by atoms with Gasteiger partial charge in [-0.3, -0.25) is 0 Å². The van der Waals surface area contributed by atoms with Crippen molar-refractivity contribution in [2.45, 2.75) is 17.7 Å². The molecule has 0 spiro atoms. The summed E-state index contributed by atoms with van der Waals surface area (Å²) in [4.78, 5) is 1.91. The van der Waals surface area contributed by atoms with Gasteiger partial charge in [0.05, 0.1) is 4.90 Å². The molecule has 4 nitrogen and oxygen atoms in total. The van der Waals surface area contributed by atoms with Crippen LogP contribution in [-0.2, 0) is 15.9 Å². The van der Waals surface area contributed by atoms with Gasteiger partial charge in [0.25, 0.3) is 10.0 Å². The molecule has 0 fully saturated rings. The molecule has 0 radical (unpaired) electrons. The van der Waals surface area contributed by atoms with Crippen molar-refractivity contribution in [2.75, 3.05) is 0 Å². The quantitative estimate of drug-likeness (QED) is 0.708. The van der Waals surface area contributed by atoms with Gasteiger partial charge in [0.15, 0.2) is 0 Å². The molecule has 26 heavy (non-hydrogen) atoms. The van der Waals surface area contributed by atoms with Crippen LogP contribution in [0.3, 0.4) is 0 Å². The number of alkyl halides is 2. The molecule has 0 aromatic heterocycles. The average molecular weight is 372 g/mol. The Morgan fingerprint density at radius 2 is 1.62 bits per heavy atom. The number of hydrazone groups is 1. The zero-order valence-corrected chi connectivity index (χ0v) is 14.5. The Balaban J connectivity index is 1.79. The molecule has 1 N–H and O–H groups in total. The topological polar surface area (TPSA) is 58.5 Å². The second kappa shape index (κ2) is 5.60. The molecule has 3 aromatic carbocycles. The Bertz CT molecular complexity index is 1150. The summed E-state index contributed by atoms with van der Waals surface area (Å²) in [6.07, 6.45) is 0. The van der Waals surface area contributed by atoms with E-state index in [0.717, 1.165) is 5.56 Å². The van der Waals surface area contributed by atoms with Crippen molar-refractivity contribution in [2.24, 2.45) is 5.10 Å². The van der Waals surface area contributed by atoms with E-state index in [4.69, 9.17) is 0 Å². The van der Waals surface area contributed by atoms with Crippen molar-refractivity contribution in [3.8, 4) is 0 Å². The lowest BCUT2D eigenvalue weighted by atomic mass is 10.1. The van der Waals surface area contributed by atoms with Crippen LogP contribution in [0.1, 0.15) is 16.7 Å². The number of aryl methyl sites for hydroxylation is 1. The van der Waals surface area contributed by atoms with E-state index in [0.29, 0.717) is 10.8 Å². The zero-order valence-electron chi connectivity index (χ0n) is 13.7. The normalized spacial score (nSPS) is 17.0. The van der Waals surface area contributed by atoms with Gasteiger partial charge in [0, 0.05) is 16.5 Å². The number of hydrogen-bond donors (Lipinski definition) is 1. The highest BCUT2D eigenvalue weighted by atomic mass is 32.2. The fourth-order valence-electron chi connectivity index (χ4n) is 3.10. The maximum atomic E-state index is 14.8. The van der Waals surface area contributed by atoms with Crippen LogP contribution in [0.4, 0.5) is 8.78 Å². The van der Waals surface area contributed by atoms with Crippen LogP contribution in [-0.4, -0.2) is 14.1 Å². The fourth-order valence-corrected chi connectivity index (χ4v) is 3.91. The lowest BCUT2D eigenvalue weighted by molar-refractivity contribution is 0.0806. The van der Waals surface area contributed by atoms with Gasteiger partial charge in [0.2, 0.25) is 0 Å². The van der Waals surface area contributed by atoms with Crippen molar-refractivity contribution in [1.29, 1.82) is 0 Å². The van der Waals surface area contributed by atoms with Gasteiger partial charge in [-0.05, 0) is 24.4 Å². The second-order valence-electron chi connectivity index (χ2n) is 6.15. The van der Waals surface area contributed by atoms with Crippen LogP contribution in [0.2, 0.25) is 0 Å². The summed E-state index contributed by atoms with van der Waals surface area (Å²) in [5, 5.41) is 4.67. The molecule has 0 bridgehead atoms. The molecule has 3 aromatic rings. The lowest BCUT2D eigenvalue weighted by Gasteiger charge is -2.12. The van der Waals surface area contributed by atoms with Crippen molar-refractivity contribution < 1.29 is 17.2 Å². The first-order chi connectivity index (χ1) is 12.3. The van der Waals surface area contributed by atoms with E-state index < -0.39 is 21.7 Å². The van der Waals surface area contributed by atoms with Crippen LogP contribution in [0.15, 0.2) is 70.7 Å². The van der Waals surface area contributed by atoms with Gasteiger partial charge in [-0.15, -0.1) is 0 Å². The van der Waals surface area contributed by atoms with E-state index in [9.17, 15) is 17.2 Å². The molecule has 1 aliphatic rings. The van der Waals surface area contributed by atoms with Gasteiger partial charge < -0.3 is 0 Å². The minimum absolute atomic E-state index is 0.0375. The van der Waals surface area contributed by atoms with Crippen LogP contribution >= 0.6 is 0 Å². The van der Waals surface area contributed by atoms with Crippen molar-refractivity contribution in [3.63, 3.8) is 0 Å². The van der Waals surface area contributed by atoms with E-state index in [1.54, 1.807) is 36.4 Å². The Hall–Kier alpha value is -2.80. The first-order valence-corrected chi connectivity index (χ1v) is 9.36. The van der Waals surface area contributed by atoms with Crippen LogP contribution < -0.4 is 4.83 Å². The summed E-state index contributed by atoms with van der Waals surface area (Å²) in [5.41, 5.74) is 0.355. The van der Waals surface area contributed by atoms with E-state index >= 15 is 0 Å². The van der Waals surface area contributed by atoms with Crippen LogP contribution in [0.25, 0.3) is 10.8 Å². The molecule has 0 heterocycles. The van der Waals surface area contributed by atoms with Gasteiger partial charge in [-0.2, -0.15) is 27.1 Å². The number of sulfonamides is 1. The van der Waals surface area contributed by atoms with Gasteiger partial charge in [-0.25, -0.2) is 0 Å². The van der Waals surface area contributed by atoms with E-state index in [1.165, 1.54) is 24.3 Å². The van der Waals surface area contributed by atoms with Gasteiger partial charge >= 0.3 is 5.92 Å². The summed E-state index contributed by atoms with van der Waals surface area (Å²) in [6, 6.07) is 15.6. The van der Waals surface area contributed by atoms with Crippen LogP contribution in [0.5, 0.6) is 0 Å². The summed E-state index contributed by atoms with van der Waals surface area (Å²) in [5.74, 6) is -3.38. The van der Waals surface area contributed by atoms with Gasteiger partial charge in [-0.1, -0.05) is 54.1 Å². The number of benzene rings is 3. The van der Waals surface area contributed by atoms with E-state index in [1.807, 2.05) is 11.8 Å². The molecule has 7 heteroatoms. The van der Waals surface area contributed by atoms with E-state index in [-0.39, 0.29) is 16.0 Å². The highest BCUT2D eigenvalue weighted by molar-refractivity contribution is 7.89. The first kappa shape index (κ1) is 16.7. The maximum Gasteiger partial charge on any atom is 0.317 e. The summed E-state index contributed by atoms with van der Waals surface area (Å²) >= 11 is 0. The Morgan fingerprint density at radius 1 is 0.962 bits per heavy atom. The predicted molar refractivity (Wildman–Crippen MR) is 95.9 cm³/mol. The predicted octanol–water partition coefficient (Wildman–Crippen LogP) is 3.94. The first-order valence-electron chi connectivity index (χ1n) is 7.88. The number of halogens is 2. The molecule has 0 saturated carbocycles. The molecule has 132 valence electrons. The minimum Gasteiger partial charge on any atom is -0.200 e. The van der Waals surface area contributed by atoms with Crippen molar-refractivity contribution in [1.82, 2.24) is 4.83 Å². The Labute approximate surface area is 149 Å². The monoisotopic (exact) mass is 372 g/mol. The molecule has 0 saturated heterocycles. The average Bonchev–Trinajstić information content (AvgIpc) is 2.83. The maximum absolute atomic E-state index is 14.8. The van der Waals surface area contributed by atoms with Gasteiger partial charge in [0.1, 0.15) is 5.71 Å². The van der Waals surface area contributed by atoms with Crippen molar-refractivity contribution in [3.05, 3.63) is 77.4 Å². The number of nitrogens with zero attached hydrogens (tertiary/aromatic N) is 1. The smallest absolute Gasteiger partial charge is 0.200 e. The minimum atomic E-state index is -4.04. The molecular formula is C19H14F2N2O2S. The standard InChI is InChI=1S/C19H14F2N2O2S/c1-12-8-10-14(11-9-12)26(24,25)23-22-18-15-6-2-4-13-5-3-7-16(17(13)15)19(18,20)21/h2-11,23H,1H3/b22-18+. The Kier molecular flexibility index (Phi) is 3.59. The summed E-state index contributed by atoms with van der Waals surface area (Å²) < 4.78 is 54.4. The lowest BCUT2D eigenvalue weighted by Crippen LogP contribution is -2.27. The highest BCUT2D eigenvalue weighted by Gasteiger charge is 2.47. The summed E-state index contributed by atoms with van der Waals surface area (Å²) in [7, 11) is -4.04. The number of rotatable bonds is 3. The molecule has 0 unspecified atom stereocenters. The number of hydrogen-bond acceptors (Lipinski definition) is 3. The molecular weight excluding hydrogens is 358 g/mol. The van der Waals surface area contributed by atoms with Crippen molar-refractivity contribution >= 4 is 26.5 Å². The largest absolute Gasteiger partial charge is 0.317 e. The number of nitrogens with one attached hydrogen (secondary N) is 1. The third kappa shape index (κ3) is 2.47. The fraction of sp³-hybridized carbons (Fsp3) is 0.105. The molecule has 4 rings (SSSR count). The summed E-state index contributed by atoms with van der Waals surface area (Å²) in [6.45, 7) is 1.82.